The van der Waals surface area contributed by atoms with E-state index in [0.29, 0.717) is 13.2 Å². The first-order valence-electron chi connectivity index (χ1n) is 5.57. The van der Waals surface area contributed by atoms with E-state index in [-0.39, 0.29) is 12.0 Å². The van der Waals surface area contributed by atoms with Gasteiger partial charge in [-0.15, -0.1) is 0 Å². The lowest BCUT2D eigenvalue weighted by molar-refractivity contribution is -0.000914. The van der Waals surface area contributed by atoms with Crippen LogP contribution in [0.25, 0.3) is 0 Å². The Labute approximate surface area is 102 Å². The second-order valence-electron chi connectivity index (χ2n) is 4.92. The van der Waals surface area contributed by atoms with E-state index in [1.54, 1.807) is 0 Å². The standard InChI is InChI=1S/C12H17O4P/c1-12(2)9-15-17(13,16-10-12)14-8-11-6-4-3-5-7-11/h3-7H,8-10H2,1-2H3. The van der Waals surface area contributed by atoms with Crippen LogP contribution in [0.4, 0.5) is 0 Å². The molecule has 1 heterocycles. The average Bonchev–Trinajstić information content (AvgIpc) is 2.33. The highest BCUT2D eigenvalue weighted by Gasteiger charge is 2.37. The first kappa shape index (κ1) is 12.8. The van der Waals surface area contributed by atoms with Gasteiger partial charge in [0.15, 0.2) is 0 Å². The van der Waals surface area contributed by atoms with Crippen LogP contribution >= 0.6 is 7.82 Å². The summed E-state index contributed by atoms with van der Waals surface area (Å²) < 4.78 is 27.7. The molecule has 17 heavy (non-hydrogen) atoms. The quantitative estimate of drug-likeness (QED) is 0.777. The topological polar surface area (TPSA) is 44.8 Å². The summed E-state index contributed by atoms with van der Waals surface area (Å²) in [4.78, 5) is 0. The zero-order chi connectivity index (χ0) is 12.4. The molecule has 0 bridgehead atoms. The minimum Gasteiger partial charge on any atom is -0.286 e. The summed E-state index contributed by atoms with van der Waals surface area (Å²) in [7, 11) is -3.36. The molecule has 5 heteroatoms. The van der Waals surface area contributed by atoms with Gasteiger partial charge in [-0.05, 0) is 5.56 Å². The lowest BCUT2D eigenvalue weighted by Crippen LogP contribution is -2.29. The van der Waals surface area contributed by atoms with Gasteiger partial charge in [-0.3, -0.25) is 13.6 Å². The maximum Gasteiger partial charge on any atom is 0.475 e. The summed E-state index contributed by atoms with van der Waals surface area (Å²) in [6.07, 6.45) is 0. The minimum atomic E-state index is -3.36. The Morgan fingerprint density at radius 1 is 1.24 bits per heavy atom. The third-order valence-electron chi connectivity index (χ3n) is 2.46. The average molecular weight is 256 g/mol. The summed E-state index contributed by atoms with van der Waals surface area (Å²) in [5.74, 6) is 0. The highest BCUT2D eigenvalue weighted by molar-refractivity contribution is 7.48. The maximum absolute atomic E-state index is 12.0. The van der Waals surface area contributed by atoms with Gasteiger partial charge in [0.1, 0.15) is 0 Å². The molecule has 4 nitrogen and oxygen atoms in total. The van der Waals surface area contributed by atoms with Crippen LogP contribution in [-0.2, 0) is 24.7 Å². The monoisotopic (exact) mass is 256 g/mol. The van der Waals surface area contributed by atoms with E-state index in [1.165, 1.54) is 0 Å². The van der Waals surface area contributed by atoms with Crippen LogP contribution in [0.15, 0.2) is 30.3 Å². The molecule has 1 aromatic carbocycles. The van der Waals surface area contributed by atoms with Gasteiger partial charge in [0.05, 0.1) is 19.8 Å². The number of benzene rings is 1. The van der Waals surface area contributed by atoms with Crippen molar-refractivity contribution in [3.63, 3.8) is 0 Å². The third-order valence-corrected chi connectivity index (χ3v) is 3.79. The van der Waals surface area contributed by atoms with Gasteiger partial charge >= 0.3 is 7.82 Å². The SMILES string of the molecule is CC1(C)COP(=O)(OCc2ccccc2)OC1. The molecular weight excluding hydrogens is 239 g/mol. The first-order chi connectivity index (χ1) is 7.99. The molecule has 0 aromatic heterocycles. The fourth-order valence-corrected chi connectivity index (χ4v) is 2.93. The summed E-state index contributed by atoms with van der Waals surface area (Å²) in [6, 6.07) is 9.53. The van der Waals surface area contributed by atoms with Crippen LogP contribution in [0.1, 0.15) is 19.4 Å². The first-order valence-corrected chi connectivity index (χ1v) is 7.03. The van der Waals surface area contributed by atoms with Gasteiger partial charge in [0.2, 0.25) is 0 Å². The lowest BCUT2D eigenvalue weighted by atomic mass is 9.97. The highest BCUT2D eigenvalue weighted by atomic mass is 31.2. The van der Waals surface area contributed by atoms with Crippen molar-refractivity contribution in [2.45, 2.75) is 20.5 Å². The van der Waals surface area contributed by atoms with Crippen LogP contribution in [0, 0.1) is 5.41 Å². The Morgan fingerprint density at radius 2 is 1.82 bits per heavy atom. The molecule has 2 rings (SSSR count). The molecule has 0 N–H and O–H groups in total. The molecule has 0 amide bonds. The molecule has 0 atom stereocenters. The molecule has 94 valence electrons. The lowest BCUT2D eigenvalue weighted by Gasteiger charge is -2.32. The minimum absolute atomic E-state index is 0.107. The largest absolute Gasteiger partial charge is 0.475 e. The zero-order valence-electron chi connectivity index (χ0n) is 10.1. The van der Waals surface area contributed by atoms with Crippen molar-refractivity contribution in [3.05, 3.63) is 35.9 Å². The van der Waals surface area contributed by atoms with Crippen LogP contribution in [0.5, 0.6) is 0 Å². The Bertz CT molecular complexity index is 402. The fourth-order valence-electron chi connectivity index (χ4n) is 1.39. The summed E-state index contributed by atoms with van der Waals surface area (Å²) >= 11 is 0. The Kier molecular flexibility index (Phi) is 3.69. The molecule has 1 saturated heterocycles. The fraction of sp³-hybridized carbons (Fsp3) is 0.500. The van der Waals surface area contributed by atoms with Crippen LogP contribution in [-0.4, -0.2) is 13.2 Å². The normalized spacial score (nSPS) is 22.2. The van der Waals surface area contributed by atoms with Crippen molar-refractivity contribution in [2.24, 2.45) is 5.41 Å². The summed E-state index contributed by atoms with van der Waals surface area (Å²) in [5, 5.41) is 0. The van der Waals surface area contributed by atoms with Crippen LogP contribution in [0.2, 0.25) is 0 Å². The molecule has 0 radical (unpaired) electrons. The van der Waals surface area contributed by atoms with Crippen molar-refractivity contribution in [1.82, 2.24) is 0 Å². The van der Waals surface area contributed by atoms with E-state index in [9.17, 15) is 4.57 Å². The number of rotatable bonds is 3. The van der Waals surface area contributed by atoms with E-state index in [1.807, 2.05) is 44.2 Å². The van der Waals surface area contributed by atoms with E-state index >= 15 is 0 Å². The molecule has 1 aromatic rings. The van der Waals surface area contributed by atoms with E-state index in [4.69, 9.17) is 13.6 Å². The predicted molar refractivity (Wildman–Crippen MR) is 64.5 cm³/mol. The maximum atomic E-state index is 12.0. The van der Waals surface area contributed by atoms with E-state index in [0.717, 1.165) is 5.56 Å². The van der Waals surface area contributed by atoms with Crippen molar-refractivity contribution >= 4 is 7.82 Å². The summed E-state index contributed by atoms with van der Waals surface area (Å²) in [5.41, 5.74) is 0.837. The number of phosphoric acid groups is 1. The van der Waals surface area contributed by atoms with E-state index < -0.39 is 7.82 Å². The number of hydrogen-bond acceptors (Lipinski definition) is 4. The Balaban J connectivity index is 1.90. The van der Waals surface area contributed by atoms with Gasteiger partial charge < -0.3 is 0 Å². The van der Waals surface area contributed by atoms with Crippen LogP contribution in [0.3, 0.4) is 0 Å². The molecular formula is C12H17O4P. The number of hydrogen-bond donors (Lipinski definition) is 0. The van der Waals surface area contributed by atoms with Gasteiger partial charge in [0.25, 0.3) is 0 Å². The smallest absolute Gasteiger partial charge is 0.286 e. The number of phosphoric ester groups is 1. The predicted octanol–water partition coefficient (Wildman–Crippen LogP) is 3.38. The molecule has 0 unspecified atom stereocenters. The second-order valence-corrected chi connectivity index (χ2v) is 6.59. The second kappa shape index (κ2) is 4.91. The van der Waals surface area contributed by atoms with E-state index in [2.05, 4.69) is 0 Å². The summed E-state index contributed by atoms with van der Waals surface area (Å²) in [6.45, 7) is 5.00. The van der Waals surface area contributed by atoms with Crippen LogP contribution < -0.4 is 0 Å². The molecule has 1 aliphatic rings. The van der Waals surface area contributed by atoms with Crippen molar-refractivity contribution in [3.8, 4) is 0 Å². The van der Waals surface area contributed by atoms with Gasteiger partial charge in [-0.25, -0.2) is 4.57 Å². The third kappa shape index (κ3) is 3.65. The van der Waals surface area contributed by atoms with Crippen molar-refractivity contribution in [2.75, 3.05) is 13.2 Å². The van der Waals surface area contributed by atoms with Crippen molar-refractivity contribution in [1.29, 1.82) is 0 Å². The molecule has 1 fully saturated rings. The Morgan fingerprint density at radius 3 is 2.41 bits per heavy atom. The van der Waals surface area contributed by atoms with Gasteiger partial charge in [-0.1, -0.05) is 44.2 Å². The highest BCUT2D eigenvalue weighted by Crippen LogP contribution is 2.54. The molecule has 0 spiro atoms. The molecule has 1 aliphatic heterocycles. The van der Waals surface area contributed by atoms with Gasteiger partial charge in [-0.2, -0.15) is 0 Å². The van der Waals surface area contributed by atoms with Crippen molar-refractivity contribution < 1.29 is 18.1 Å². The molecule has 0 saturated carbocycles. The van der Waals surface area contributed by atoms with Gasteiger partial charge in [0, 0.05) is 5.41 Å². The zero-order valence-corrected chi connectivity index (χ0v) is 11.0. The Hall–Kier alpha value is -0.670. The molecule has 0 aliphatic carbocycles.